The lowest BCUT2D eigenvalue weighted by atomic mass is 10.1. The molecule has 0 radical (unpaired) electrons. The van der Waals surface area contributed by atoms with Gasteiger partial charge in [0.05, 0.1) is 0 Å². The van der Waals surface area contributed by atoms with E-state index in [0.717, 1.165) is 18.1 Å². The van der Waals surface area contributed by atoms with Gasteiger partial charge in [-0.3, -0.25) is 0 Å². The molecule has 1 saturated carbocycles. The SMILES string of the molecule is CC(C)Cc1ccnc(NC2CC2)n1. The third-order valence-electron chi connectivity index (χ3n) is 2.24. The van der Waals surface area contributed by atoms with Crippen LogP contribution in [0.25, 0.3) is 0 Å². The van der Waals surface area contributed by atoms with Gasteiger partial charge in [0.25, 0.3) is 0 Å². The van der Waals surface area contributed by atoms with Gasteiger partial charge in [-0.1, -0.05) is 13.8 Å². The fourth-order valence-corrected chi connectivity index (χ4v) is 1.41. The van der Waals surface area contributed by atoms with E-state index in [1.54, 1.807) is 0 Å². The maximum Gasteiger partial charge on any atom is 0.223 e. The van der Waals surface area contributed by atoms with Gasteiger partial charge in [0.2, 0.25) is 5.95 Å². The molecule has 1 aromatic rings. The molecular formula is C11H17N3. The lowest BCUT2D eigenvalue weighted by Crippen LogP contribution is -2.07. The molecule has 3 nitrogen and oxygen atoms in total. The summed E-state index contributed by atoms with van der Waals surface area (Å²) in [6, 6.07) is 2.63. The fraction of sp³-hybridized carbons (Fsp3) is 0.636. The maximum absolute atomic E-state index is 4.47. The predicted octanol–water partition coefficient (Wildman–Crippen LogP) is 2.25. The van der Waals surface area contributed by atoms with Crippen LogP contribution in [-0.4, -0.2) is 16.0 Å². The molecule has 1 aliphatic carbocycles. The Morgan fingerprint density at radius 1 is 1.50 bits per heavy atom. The molecule has 14 heavy (non-hydrogen) atoms. The van der Waals surface area contributed by atoms with Gasteiger partial charge in [-0.2, -0.15) is 0 Å². The Labute approximate surface area is 85.0 Å². The number of rotatable bonds is 4. The molecule has 0 unspecified atom stereocenters. The maximum atomic E-state index is 4.47. The Bertz CT molecular complexity index is 286. The molecule has 1 fully saturated rings. The van der Waals surface area contributed by atoms with Crippen molar-refractivity contribution >= 4 is 5.95 Å². The Hall–Kier alpha value is -1.12. The van der Waals surface area contributed by atoms with E-state index >= 15 is 0 Å². The molecule has 76 valence electrons. The summed E-state index contributed by atoms with van der Waals surface area (Å²) in [6.07, 6.45) is 5.40. The molecule has 0 saturated heterocycles. The fourth-order valence-electron chi connectivity index (χ4n) is 1.41. The minimum Gasteiger partial charge on any atom is -0.351 e. The van der Waals surface area contributed by atoms with Gasteiger partial charge in [-0.05, 0) is 31.2 Å². The monoisotopic (exact) mass is 191 g/mol. The van der Waals surface area contributed by atoms with Crippen LogP contribution in [0.1, 0.15) is 32.4 Å². The van der Waals surface area contributed by atoms with Crippen molar-refractivity contribution in [2.24, 2.45) is 5.92 Å². The molecular weight excluding hydrogens is 174 g/mol. The van der Waals surface area contributed by atoms with Crippen LogP contribution in [0.2, 0.25) is 0 Å². The Morgan fingerprint density at radius 3 is 2.93 bits per heavy atom. The summed E-state index contributed by atoms with van der Waals surface area (Å²) in [4.78, 5) is 8.68. The lowest BCUT2D eigenvalue weighted by molar-refractivity contribution is 0.634. The van der Waals surface area contributed by atoms with Crippen LogP contribution in [0.4, 0.5) is 5.95 Å². The minimum absolute atomic E-state index is 0.629. The molecule has 0 bridgehead atoms. The summed E-state index contributed by atoms with van der Waals surface area (Å²) in [7, 11) is 0. The van der Waals surface area contributed by atoms with Crippen molar-refractivity contribution in [2.45, 2.75) is 39.2 Å². The number of nitrogens with one attached hydrogen (secondary N) is 1. The minimum atomic E-state index is 0.629. The highest BCUT2D eigenvalue weighted by atomic mass is 15.1. The summed E-state index contributed by atoms with van der Waals surface area (Å²) in [6.45, 7) is 4.41. The molecule has 2 rings (SSSR count). The smallest absolute Gasteiger partial charge is 0.223 e. The van der Waals surface area contributed by atoms with Crippen molar-refractivity contribution in [3.05, 3.63) is 18.0 Å². The second kappa shape index (κ2) is 3.95. The Morgan fingerprint density at radius 2 is 2.29 bits per heavy atom. The zero-order valence-corrected chi connectivity index (χ0v) is 8.83. The highest BCUT2D eigenvalue weighted by Gasteiger charge is 2.21. The van der Waals surface area contributed by atoms with E-state index in [9.17, 15) is 0 Å². The van der Waals surface area contributed by atoms with Crippen LogP contribution in [0, 0.1) is 5.92 Å². The van der Waals surface area contributed by atoms with Crippen molar-refractivity contribution in [3.8, 4) is 0 Å². The van der Waals surface area contributed by atoms with Crippen molar-refractivity contribution in [1.82, 2.24) is 9.97 Å². The van der Waals surface area contributed by atoms with Crippen molar-refractivity contribution < 1.29 is 0 Å². The van der Waals surface area contributed by atoms with Gasteiger partial charge < -0.3 is 5.32 Å². The van der Waals surface area contributed by atoms with Crippen molar-refractivity contribution in [3.63, 3.8) is 0 Å². The molecule has 1 aliphatic rings. The summed E-state index contributed by atoms with van der Waals surface area (Å²) in [5.41, 5.74) is 1.14. The number of hydrogen-bond acceptors (Lipinski definition) is 3. The molecule has 1 N–H and O–H groups in total. The number of nitrogens with zero attached hydrogens (tertiary/aromatic N) is 2. The molecule has 0 aromatic carbocycles. The van der Waals surface area contributed by atoms with Crippen LogP contribution >= 0.6 is 0 Å². The largest absolute Gasteiger partial charge is 0.351 e. The molecule has 0 aliphatic heterocycles. The average Bonchev–Trinajstić information content (AvgIpc) is 2.87. The highest BCUT2D eigenvalue weighted by Crippen LogP contribution is 2.22. The van der Waals surface area contributed by atoms with Crippen LogP contribution in [0.5, 0.6) is 0 Å². The number of anilines is 1. The third-order valence-corrected chi connectivity index (χ3v) is 2.24. The van der Waals surface area contributed by atoms with Crippen molar-refractivity contribution in [1.29, 1.82) is 0 Å². The predicted molar refractivity (Wildman–Crippen MR) is 57.2 cm³/mol. The van der Waals surface area contributed by atoms with Crippen LogP contribution in [-0.2, 0) is 6.42 Å². The Balaban J connectivity index is 2.01. The van der Waals surface area contributed by atoms with E-state index in [1.165, 1.54) is 12.8 Å². The van der Waals surface area contributed by atoms with E-state index in [-0.39, 0.29) is 0 Å². The lowest BCUT2D eigenvalue weighted by Gasteiger charge is -2.06. The first-order valence-electron chi connectivity index (χ1n) is 5.32. The van der Waals surface area contributed by atoms with Gasteiger partial charge in [-0.25, -0.2) is 9.97 Å². The molecule has 1 aromatic heterocycles. The van der Waals surface area contributed by atoms with Gasteiger partial charge in [0, 0.05) is 17.9 Å². The first-order chi connectivity index (χ1) is 6.74. The molecule has 0 amide bonds. The van der Waals surface area contributed by atoms with Crippen LogP contribution in [0.15, 0.2) is 12.3 Å². The van der Waals surface area contributed by atoms with Gasteiger partial charge in [0.15, 0.2) is 0 Å². The van der Waals surface area contributed by atoms with Gasteiger partial charge >= 0.3 is 0 Å². The molecule has 3 heteroatoms. The first-order valence-corrected chi connectivity index (χ1v) is 5.32. The average molecular weight is 191 g/mol. The van der Waals surface area contributed by atoms with E-state index < -0.39 is 0 Å². The van der Waals surface area contributed by atoms with Crippen molar-refractivity contribution in [2.75, 3.05) is 5.32 Å². The second-order valence-corrected chi connectivity index (χ2v) is 4.39. The van der Waals surface area contributed by atoms with Gasteiger partial charge in [0.1, 0.15) is 0 Å². The number of aromatic nitrogens is 2. The zero-order valence-electron chi connectivity index (χ0n) is 8.83. The van der Waals surface area contributed by atoms with Crippen LogP contribution < -0.4 is 5.32 Å². The normalized spacial score (nSPS) is 15.9. The van der Waals surface area contributed by atoms with E-state index in [2.05, 4.69) is 29.1 Å². The topological polar surface area (TPSA) is 37.8 Å². The third kappa shape index (κ3) is 2.69. The molecule has 0 spiro atoms. The molecule has 0 atom stereocenters. The van der Waals surface area contributed by atoms with Crippen LogP contribution in [0.3, 0.4) is 0 Å². The Kier molecular flexibility index (Phi) is 2.66. The summed E-state index contributed by atoms with van der Waals surface area (Å²) in [5, 5.41) is 3.31. The quantitative estimate of drug-likeness (QED) is 0.793. The highest BCUT2D eigenvalue weighted by molar-refractivity contribution is 5.28. The second-order valence-electron chi connectivity index (χ2n) is 4.39. The summed E-state index contributed by atoms with van der Waals surface area (Å²) < 4.78 is 0. The number of hydrogen-bond donors (Lipinski definition) is 1. The van der Waals surface area contributed by atoms with E-state index in [4.69, 9.17) is 0 Å². The van der Waals surface area contributed by atoms with E-state index in [0.29, 0.717) is 12.0 Å². The molecule has 1 heterocycles. The summed E-state index contributed by atoms with van der Waals surface area (Å²) in [5.74, 6) is 1.45. The van der Waals surface area contributed by atoms with E-state index in [1.807, 2.05) is 12.3 Å². The standard InChI is InChI=1S/C11H17N3/c1-8(2)7-10-5-6-12-11(14-10)13-9-3-4-9/h5-6,8-9H,3-4,7H2,1-2H3,(H,12,13,14). The first kappa shape index (κ1) is 9.44. The summed E-state index contributed by atoms with van der Waals surface area (Å²) >= 11 is 0. The van der Waals surface area contributed by atoms with Gasteiger partial charge in [-0.15, -0.1) is 0 Å². The zero-order chi connectivity index (χ0) is 9.97.